The summed E-state index contributed by atoms with van der Waals surface area (Å²) in [7, 11) is -2.80. The highest BCUT2D eigenvalue weighted by Crippen LogP contribution is 2.29. The van der Waals surface area contributed by atoms with Gasteiger partial charge in [0.1, 0.15) is 18.3 Å². The summed E-state index contributed by atoms with van der Waals surface area (Å²) in [5, 5.41) is 3.90. The first-order valence-corrected chi connectivity index (χ1v) is 17.6. The van der Waals surface area contributed by atoms with Crippen LogP contribution in [0.25, 0.3) is 0 Å². The maximum Gasteiger partial charge on any atom is 0.264 e. The van der Waals surface area contributed by atoms with E-state index in [1.807, 2.05) is 30.3 Å². The molecular weight excluding hydrogens is 657 g/mol. The minimum absolute atomic E-state index is 0.0106. The van der Waals surface area contributed by atoms with Crippen LogP contribution in [0, 0.1) is 0 Å². The van der Waals surface area contributed by atoms with Gasteiger partial charge in [-0.1, -0.05) is 90.6 Å². The van der Waals surface area contributed by atoms with Crippen LogP contribution in [0.15, 0.2) is 108 Å². The number of amides is 2. The molecule has 8 nitrogen and oxygen atoms in total. The van der Waals surface area contributed by atoms with Gasteiger partial charge in [-0.2, -0.15) is 0 Å². The number of anilines is 1. The zero-order valence-electron chi connectivity index (χ0n) is 26.0. The first-order valence-electron chi connectivity index (χ1n) is 15.5. The predicted molar refractivity (Wildman–Crippen MR) is 185 cm³/mol. The van der Waals surface area contributed by atoms with Gasteiger partial charge in [0.05, 0.1) is 17.7 Å². The first kappa shape index (κ1) is 34.3. The Balaban J connectivity index is 1.57. The monoisotopic (exact) mass is 693 g/mol. The molecule has 0 aliphatic heterocycles. The van der Waals surface area contributed by atoms with Crippen LogP contribution in [0.3, 0.4) is 0 Å². The summed E-state index contributed by atoms with van der Waals surface area (Å²) in [6.45, 7) is -0.610. The Bertz CT molecular complexity index is 1780. The van der Waals surface area contributed by atoms with Crippen LogP contribution >= 0.6 is 23.2 Å². The number of sulfonamides is 1. The maximum absolute atomic E-state index is 14.6. The fourth-order valence-corrected chi connectivity index (χ4v) is 7.55. The Morgan fingerprint density at radius 3 is 2.23 bits per heavy atom. The fourth-order valence-electron chi connectivity index (χ4n) is 5.77. The smallest absolute Gasteiger partial charge is 0.264 e. The molecule has 1 atom stereocenters. The van der Waals surface area contributed by atoms with Gasteiger partial charge in [0.25, 0.3) is 10.0 Å². The lowest BCUT2D eigenvalue weighted by Gasteiger charge is -2.34. The van der Waals surface area contributed by atoms with E-state index in [0.717, 1.165) is 35.6 Å². The summed E-state index contributed by atoms with van der Waals surface area (Å²) in [6, 6.07) is 27.8. The molecule has 11 heteroatoms. The molecule has 0 spiro atoms. The molecule has 0 aromatic heterocycles. The third kappa shape index (κ3) is 8.66. The molecule has 1 aliphatic rings. The van der Waals surface area contributed by atoms with Gasteiger partial charge < -0.3 is 15.0 Å². The van der Waals surface area contributed by atoms with Crippen molar-refractivity contribution in [2.45, 2.75) is 55.6 Å². The number of benzene rings is 4. The Morgan fingerprint density at radius 1 is 0.894 bits per heavy atom. The quantitative estimate of drug-likeness (QED) is 0.164. The molecule has 0 radical (unpaired) electrons. The molecule has 0 unspecified atom stereocenters. The zero-order chi connectivity index (χ0) is 33.4. The van der Waals surface area contributed by atoms with Crippen LogP contribution in [-0.2, 0) is 32.6 Å². The van der Waals surface area contributed by atoms with E-state index in [4.69, 9.17) is 27.9 Å². The molecule has 1 fully saturated rings. The molecule has 246 valence electrons. The minimum atomic E-state index is -4.28. The van der Waals surface area contributed by atoms with Crippen LogP contribution in [0.2, 0.25) is 10.0 Å². The number of nitrogens with one attached hydrogen (secondary N) is 1. The van der Waals surface area contributed by atoms with Crippen molar-refractivity contribution >= 4 is 50.7 Å². The highest BCUT2D eigenvalue weighted by molar-refractivity contribution is 7.92. The van der Waals surface area contributed by atoms with Crippen LogP contribution in [0.5, 0.6) is 5.75 Å². The Labute approximate surface area is 286 Å². The number of carbonyl (C=O) groups is 2. The van der Waals surface area contributed by atoms with Crippen molar-refractivity contribution < 1.29 is 22.7 Å². The lowest BCUT2D eigenvalue weighted by Crippen LogP contribution is -2.54. The SMILES string of the molecule is COc1ccc(S(=O)(=O)N(CC(=O)N(Cc2ccccc2Cl)[C@@H](Cc2ccccc2)C(=O)NC2CCCC2)c2cccc(Cl)c2)cc1. The highest BCUT2D eigenvalue weighted by atomic mass is 35.5. The van der Waals surface area contributed by atoms with Crippen LogP contribution in [0.1, 0.15) is 36.8 Å². The van der Waals surface area contributed by atoms with Gasteiger partial charge >= 0.3 is 0 Å². The van der Waals surface area contributed by atoms with E-state index in [-0.39, 0.29) is 35.5 Å². The maximum atomic E-state index is 14.6. The summed E-state index contributed by atoms with van der Waals surface area (Å²) < 4.78 is 34.7. The Hall–Kier alpha value is -4.05. The standard InChI is InChI=1S/C36H37Cl2N3O5S/c1-46-31-18-20-32(21-19-31)47(44,45)41(30-16-9-13-28(37)23-30)25-35(42)40(24-27-12-5-8-17-33(27)38)34(22-26-10-3-2-4-11-26)36(43)39-29-14-6-7-15-29/h2-5,8-13,16-21,23,29,34H,6-7,14-15,22,24-25H2,1H3,(H,39,43)/t34-/m0/s1. The molecule has 47 heavy (non-hydrogen) atoms. The van der Waals surface area contributed by atoms with E-state index in [1.54, 1.807) is 42.5 Å². The van der Waals surface area contributed by atoms with Crippen LogP contribution < -0.4 is 14.4 Å². The van der Waals surface area contributed by atoms with E-state index in [2.05, 4.69) is 5.32 Å². The highest BCUT2D eigenvalue weighted by Gasteiger charge is 2.36. The van der Waals surface area contributed by atoms with Crippen molar-refractivity contribution in [2.24, 2.45) is 0 Å². The predicted octanol–water partition coefficient (Wildman–Crippen LogP) is 6.90. The average molecular weight is 695 g/mol. The third-order valence-electron chi connectivity index (χ3n) is 8.29. The molecule has 1 saturated carbocycles. The molecular formula is C36H37Cl2N3O5S. The van der Waals surface area contributed by atoms with Crippen molar-refractivity contribution in [1.29, 1.82) is 0 Å². The van der Waals surface area contributed by atoms with Crippen molar-refractivity contribution in [3.05, 3.63) is 124 Å². The lowest BCUT2D eigenvalue weighted by molar-refractivity contribution is -0.140. The van der Waals surface area contributed by atoms with E-state index >= 15 is 0 Å². The topological polar surface area (TPSA) is 96.0 Å². The normalized spacial score (nSPS) is 13.9. The Kier molecular flexibility index (Phi) is 11.4. The third-order valence-corrected chi connectivity index (χ3v) is 10.7. The second-order valence-electron chi connectivity index (χ2n) is 11.5. The molecule has 0 bridgehead atoms. The number of nitrogens with zero attached hydrogens (tertiary/aromatic N) is 2. The molecule has 5 rings (SSSR count). The fraction of sp³-hybridized carbons (Fsp3) is 0.278. The molecule has 0 heterocycles. The second kappa shape index (κ2) is 15.7. The zero-order valence-corrected chi connectivity index (χ0v) is 28.3. The van der Waals surface area contributed by atoms with Crippen molar-refractivity contribution in [3.63, 3.8) is 0 Å². The number of methoxy groups -OCH3 is 1. The molecule has 2 amide bonds. The minimum Gasteiger partial charge on any atom is -0.497 e. The van der Waals surface area contributed by atoms with Gasteiger partial charge in [0, 0.05) is 29.1 Å². The number of hydrogen-bond donors (Lipinski definition) is 1. The number of hydrogen-bond acceptors (Lipinski definition) is 5. The van der Waals surface area contributed by atoms with Crippen molar-refractivity contribution in [1.82, 2.24) is 10.2 Å². The molecule has 4 aromatic rings. The van der Waals surface area contributed by atoms with Gasteiger partial charge in [0.2, 0.25) is 11.8 Å². The Morgan fingerprint density at radius 2 is 1.57 bits per heavy atom. The molecule has 4 aromatic carbocycles. The van der Waals surface area contributed by atoms with Gasteiger partial charge in [-0.15, -0.1) is 0 Å². The summed E-state index contributed by atoms with van der Waals surface area (Å²) >= 11 is 12.9. The molecule has 1 aliphatic carbocycles. The van der Waals surface area contributed by atoms with Gasteiger partial charge in [-0.25, -0.2) is 8.42 Å². The number of halogens is 2. The van der Waals surface area contributed by atoms with Crippen molar-refractivity contribution in [3.8, 4) is 5.75 Å². The van der Waals surface area contributed by atoms with E-state index in [9.17, 15) is 18.0 Å². The van der Waals surface area contributed by atoms with Gasteiger partial charge in [-0.3, -0.25) is 13.9 Å². The average Bonchev–Trinajstić information content (AvgIpc) is 3.59. The van der Waals surface area contributed by atoms with Gasteiger partial charge in [-0.05, 0) is 72.5 Å². The lowest BCUT2D eigenvalue weighted by atomic mass is 10.0. The van der Waals surface area contributed by atoms with E-state index < -0.39 is 28.5 Å². The molecule has 0 saturated heterocycles. The van der Waals surface area contributed by atoms with E-state index in [1.165, 1.54) is 42.3 Å². The summed E-state index contributed by atoms with van der Waals surface area (Å²) in [4.78, 5) is 30.1. The molecule has 1 N–H and O–H groups in total. The summed E-state index contributed by atoms with van der Waals surface area (Å²) in [5.74, 6) is -0.393. The van der Waals surface area contributed by atoms with E-state index in [0.29, 0.717) is 21.4 Å². The van der Waals surface area contributed by atoms with Crippen molar-refractivity contribution in [2.75, 3.05) is 18.0 Å². The largest absolute Gasteiger partial charge is 0.497 e. The number of rotatable bonds is 13. The van der Waals surface area contributed by atoms with Gasteiger partial charge in [0.15, 0.2) is 0 Å². The summed E-state index contributed by atoms with van der Waals surface area (Å²) in [6.07, 6.45) is 4.00. The summed E-state index contributed by atoms with van der Waals surface area (Å²) in [5.41, 5.74) is 1.68. The number of ether oxygens (including phenoxy) is 1. The first-order chi connectivity index (χ1) is 22.7. The van der Waals surface area contributed by atoms with Crippen LogP contribution in [0.4, 0.5) is 5.69 Å². The van der Waals surface area contributed by atoms with Crippen LogP contribution in [-0.4, -0.2) is 50.9 Å². The number of carbonyl (C=O) groups excluding carboxylic acids is 2. The second-order valence-corrected chi connectivity index (χ2v) is 14.2.